The molecule has 3 aromatic carbocycles. The lowest BCUT2D eigenvalue weighted by molar-refractivity contribution is -0.120. The quantitative estimate of drug-likeness (QED) is 0.434. The molecular formula is C27H21N3O5. The van der Waals surface area contributed by atoms with Gasteiger partial charge in [-0.3, -0.25) is 9.69 Å². The number of amides is 3. The molecule has 1 fully saturated rings. The normalized spacial score (nSPS) is 19.1. The van der Waals surface area contributed by atoms with E-state index in [1.807, 2.05) is 48.5 Å². The summed E-state index contributed by atoms with van der Waals surface area (Å²) in [6, 6.07) is 19.5. The van der Waals surface area contributed by atoms with Crippen LogP contribution in [0.1, 0.15) is 33.2 Å². The van der Waals surface area contributed by atoms with E-state index in [-0.39, 0.29) is 11.3 Å². The zero-order valence-corrected chi connectivity index (χ0v) is 18.8. The molecule has 3 amide bonds. The highest BCUT2D eigenvalue weighted by molar-refractivity contribution is 6.23. The highest BCUT2D eigenvalue weighted by Crippen LogP contribution is 2.45. The van der Waals surface area contributed by atoms with Gasteiger partial charge in [0.25, 0.3) is 5.91 Å². The molecule has 0 radical (unpaired) electrons. The van der Waals surface area contributed by atoms with E-state index in [0.29, 0.717) is 12.2 Å². The van der Waals surface area contributed by atoms with Gasteiger partial charge in [-0.25, -0.2) is 14.5 Å². The number of rotatable bonds is 4. The molecule has 0 bridgehead atoms. The van der Waals surface area contributed by atoms with Crippen LogP contribution in [0.2, 0.25) is 0 Å². The number of nitrogens with zero attached hydrogens (tertiary/aromatic N) is 2. The van der Waals surface area contributed by atoms with Crippen molar-refractivity contribution in [1.29, 1.82) is 0 Å². The second-order valence-electron chi connectivity index (χ2n) is 8.65. The fourth-order valence-corrected chi connectivity index (χ4v) is 5.30. The number of hydrogen-bond donors (Lipinski definition) is 2. The van der Waals surface area contributed by atoms with E-state index in [1.54, 1.807) is 24.1 Å². The van der Waals surface area contributed by atoms with Crippen LogP contribution in [0.15, 0.2) is 72.8 Å². The van der Waals surface area contributed by atoms with Crippen molar-refractivity contribution in [3.63, 3.8) is 0 Å². The minimum atomic E-state index is -1.20. The van der Waals surface area contributed by atoms with Gasteiger partial charge < -0.3 is 14.8 Å². The van der Waals surface area contributed by atoms with Gasteiger partial charge in [0, 0.05) is 23.0 Å². The van der Waals surface area contributed by atoms with Crippen LogP contribution in [0.3, 0.4) is 0 Å². The first kappa shape index (κ1) is 21.0. The van der Waals surface area contributed by atoms with Crippen LogP contribution in [0.25, 0.3) is 10.9 Å². The Morgan fingerprint density at radius 1 is 1.03 bits per heavy atom. The summed E-state index contributed by atoms with van der Waals surface area (Å²) < 4.78 is 5.43. The molecule has 0 aliphatic carbocycles. The van der Waals surface area contributed by atoms with Gasteiger partial charge in [-0.2, -0.15) is 0 Å². The molecule has 0 saturated carbocycles. The first-order valence-corrected chi connectivity index (χ1v) is 11.2. The Morgan fingerprint density at radius 3 is 2.60 bits per heavy atom. The number of methoxy groups -OCH3 is 1. The van der Waals surface area contributed by atoms with Gasteiger partial charge in [0.1, 0.15) is 17.8 Å². The monoisotopic (exact) mass is 467 g/mol. The van der Waals surface area contributed by atoms with Crippen LogP contribution in [-0.4, -0.2) is 46.0 Å². The zero-order valence-electron chi connectivity index (χ0n) is 18.8. The Morgan fingerprint density at radius 2 is 1.80 bits per heavy atom. The summed E-state index contributed by atoms with van der Waals surface area (Å²) in [6.45, 7) is 0. The number of H-pyrrole nitrogens is 1. The SMILES string of the molecule is COc1cccc(C2c3[nH]c4ccccc4c3C[C@H]3C(=O)N(c4ccccc4C(=O)O)C(=O)N23)c1. The van der Waals surface area contributed by atoms with Crippen molar-refractivity contribution < 1.29 is 24.2 Å². The van der Waals surface area contributed by atoms with Crippen LogP contribution in [0, 0.1) is 0 Å². The molecule has 6 rings (SSSR count). The van der Waals surface area contributed by atoms with Gasteiger partial charge in [0.2, 0.25) is 0 Å². The lowest BCUT2D eigenvalue weighted by Gasteiger charge is -2.36. The number of urea groups is 1. The van der Waals surface area contributed by atoms with Crippen LogP contribution in [0.5, 0.6) is 5.75 Å². The van der Waals surface area contributed by atoms with Crippen molar-refractivity contribution in [1.82, 2.24) is 9.88 Å². The van der Waals surface area contributed by atoms with E-state index >= 15 is 0 Å². The fraction of sp³-hybridized carbons (Fsp3) is 0.148. The number of carboxylic acid groups (broad SMARTS) is 1. The number of nitrogens with one attached hydrogen (secondary N) is 1. The molecular weight excluding hydrogens is 446 g/mol. The van der Waals surface area contributed by atoms with Gasteiger partial charge in [0.15, 0.2) is 0 Å². The lowest BCUT2D eigenvalue weighted by atomic mass is 9.89. The Labute approximate surface area is 200 Å². The molecule has 4 aromatic rings. The minimum absolute atomic E-state index is 0.0716. The summed E-state index contributed by atoms with van der Waals surface area (Å²) in [5, 5.41) is 10.7. The van der Waals surface area contributed by atoms with Crippen LogP contribution < -0.4 is 9.64 Å². The number of imide groups is 1. The maximum absolute atomic E-state index is 13.9. The first-order chi connectivity index (χ1) is 17.0. The Hall–Kier alpha value is -4.59. The topological polar surface area (TPSA) is 103 Å². The van der Waals surface area contributed by atoms with Gasteiger partial charge in [0.05, 0.1) is 18.4 Å². The first-order valence-electron chi connectivity index (χ1n) is 11.2. The second-order valence-corrected chi connectivity index (χ2v) is 8.65. The molecule has 2 N–H and O–H groups in total. The summed E-state index contributed by atoms with van der Waals surface area (Å²) >= 11 is 0. The summed E-state index contributed by atoms with van der Waals surface area (Å²) in [5.41, 5.74) is 3.50. The largest absolute Gasteiger partial charge is 0.497 e. The molecule has 1 aromatic heterocycles. The van der Waals surface area contributed by atoms with E-state index in [4.69, 9.17) is 4.74 Å². The third kappa shape index (κ3) is 3.03. The van der Waals surface area contributed by atoms with Crippen molar-refractivity contribution in [3.8, 4) is 5.75 Å². The molecule has 0 spiro atoms. The van der Waals surface area contributed by atoms with Crippen LogP contribution in [0.4, 0.5) is 10.5 Å². The molecule has 3 heterocycles. The van der Waals surface area contributed by atoms with E-state index in [1.165, 1.54) is 12.1 Å². The van der Waals surface area contributed by atoms with Crippen LogP contribution >= 0.6 is 0 Å². The number of hydrogen-bond acceptors (Lipinski definition) is 4. The fourth-order valence-electron chi connectivity index (χ4n) is 5.30. The number of aromatic carboxylic acids is 1. The second kappa shape index (κ2) is 7.73. The third-order valence-electron chi connectivity index (χ3n) is 6.83. The van der Waals surface area contributed by atoms with Gasteiger partial charge in [-0.15, -0.1) is 0 Å². The van der Waals surface area contributed by atoms with Gasteiger partial charge in [-0.1, -0.05) is 42.5 Å². The number of carboxylic acids is 1. The van der Waals surface area contributed by atoms with E-state index in [0.717, 1.165) is 32.6 Å². The number of carbonyl (C=O) groups excluding carboxylic acids is 2. The summed E-state index contributed by atoms with van der Waals surface area (Å²) in [7, 11) is 1.58. The standard InChI is InChI=1S/C27H21N3O5/c1-35-16-8-6-7-15(13-16)24-23-19(17-9-2-4-11-20(17)28-23)14-22-25(31)30(27(34)29(22)24)21-12-5-3-10-18(21)26(32)33/h2-13,22,24,28H,14H2,1H3,(H,32,33)/t22-,24?/m0/s1. The maximum atomic E-state index is 13.9. The molecule has 35 heavy (non-hydrogen) atoms. The number of benzene rings is 3. The number of para-hydroxylation sites is 2. The van der Waals surface area contributed by atoms with Crippen molar-refractivity contribution in [2.45, 2.75) is 18.5 Å². The number of fused-ring (bicyclic) bond motifs is 4. The number of carbonyl (C=O) groups is 3. The van der Waals surface area contributed by atoms with E-state index in [2.05, 4.69) is 4.98 Å². The lowest BCUT2D eigenvalue weighted by Crippen LogP contribution is -2.44. The predicted molar refractivity (Wildman–Crippen MR) is 129 cm³/mol. The highest BCUT2D eigenvalue weighted by atomic mass is 16.5. The zero-order chi connectivity index (χ0) is 24.3. The van der Waals surface area contributed by atoms with Crippen molar-refractivity contribution >= 4 is 34.5 Å². The summed E-state index contributed by atoms with van der Waals surface area (Å²) in [4.78, 5) is 45.5. The van der Waals surface area contributed by atoms with Crippen molar-refractivity contribution in [2.75, 3.05) is 12.0 Å². The van der Waals surface area contributed by atoms with Crippen molar-refractivity contribution in [2.24, 2.45) is 0 Å². The average Bonchev–Trinajstić information content (AvgIpc) is 3.37. The molecule has 1 saturated heterocycles. The molecule has 2 atom stereocenters. The molecule has 2 aliphatic heterocycles. The Kier molecular flexibility index (Phi) is 4.63. The van der Waals surface area contributed by atoms with Crippen LogP contribution in [-0.2, 0) is 11.2 Å². The Balaban J connectivity index is 1.56. The number of ether oxygens (including phenoxy) is 1. The Bertz CT molecular complexity index is 1520. The molecule has 8 nitrogen and oxygen atoms in total. The molecule has 1 unspecified atom stereocenters. The van der Waals surface area contributed by atoms with Crippen molar-refractivity contribution in [3.05, 3.63) is 95.2 Å². The minimum Gasteiger partial charge on any atom is -0.497 e. The van der Waals surface area contributed by atoms with Gasteiger partial charge >= 0.3 is 12.0 Å². The highest BCUT2D eigenvalue weighted by Gasteiger charge is 2.53. The predicted octanol–water partition coefficient (Wildman–Crippen LogP) is 4.36. The number of aromatic nitrogens is 1. The summed E-state index contributed by atoms with van der Waals surface area (Å²) in [6.07, 6.45) is 0.329. The number of aromatic amines is 1. The molecule has 2 aliphatic rings. The smallest absolute Gasteiger partial charge is 0.337 e. The number of anilines is 1. The molecule has 8 heteroatoms. The van der Waals surface area contributed by atoms with E-state index < -0.39 is 30.0 Å². The van der Waals surface area contributed by atoms with Gasteiger partial charge in [-0.05, 0) is 41.5 Å². The summed E-state index contributed by atoms with van der Waals surface area (Å²) in [5.74, 6) is -1.01. The van der Waals surface area contributed by atoms with E-state index in [9.17, 15) is 19.5 Å². The molecule has 174 valence electrons. The average molecular weight is 467 g/mol. The third-order valence-corrected chi connectivity index (χ3v) is 6.83. The maximum Gasteiger partial charge on any atom is 0.337 e.